The molecule has 3 N–H and O–H groups in total. The van der Waals surface area contributed by atoms with Crippen LogP contribution in [0, 0.1) is 0 Å². The van der Waals surface area contributed by atoms with Gasteiger partial charge in [-0.05, 0) is 26.3 Å². The molecule has 0 aliphatic rings. The molecule has 0 aliphatic heterocycles. The second kappa shape index (κ2) is 9.87. The predicted octanol–water partition coefficient (Wildman–Crippen LogP) is 3.00. The fourth-order valence-corrected chi connectivity index (χ4v) is 3.08. The summed E-state index contributed by atoms with van der Waals surface area (Å²) in [4.78, 5) is 16.4. The van der Waals surface area contributed by atoms with Crippen LogP contribution in [0.5, 0.6) is 0 Å². The number of nitrogens with zero attached hydrogens (tertiary/aromatic N) is 5. The average Bonchev–Trinajstić information content (AvgIpc) is 3.37. The summed E-state index contributed by atoms with van der Waals surface area (Å²) < 4.78 is 1.86. The molecule has 10 heteroatoms. The largest absolute Gasteiger partial charge is 0.349 e. The SMILES string of the molecule is CC(C)n1cc(/C=N\Nc2nc(SCC(=O)N[C@H](C)c3ccccc3)n[nH]2)cn1. The van der Waals surface area contributed by atoms with Crippen molar-refractivity contribution >= 4 is 29.8 Å². The lowest BCUT2D eigenvalue weighted by atomic mass is 10.1. The Morgan fingerprint density at radius 2 is 2.10 bits per heavy atom. The highest BCUT2D eigenvalue weighted by Crippen LogP contribution is 2.15. The molecular formula is C19H24N8OS. The molecule has 2 aromatic heterocycles. The van der Waals surface area contributed by atoms with E-state index in [0.29, 0.717) is 17.1 Å². The van der Waals surface area contributed by atoms with Gasteiger partial charge in [0.25, 0.3) is 0 Å². The van der Waals surface area contributed by atoms with Crippen molar-refractivity contribution in [1.82, 2.24) is 30.3 Å². The summed E-state index contributed by atoms with van der Waals surface area (Å²) in [6, 6.07) is 10.1. The van der Waals surface area contributed by atoms with Crippen LogP contribution >= 0.6 is 11.8 Å². The minimum Gasteiger partial charge on any atom is -0.349 e. The summed E-state index contributed by atoms with van der Waals surface area (Å²) in [5.41, 5.74) is 4.72. The Hall–Kier alpha value is -3.14. The zero-order chi connectivity index (χ0) is 20.6. The van der Waals surface area contributed by atoms with Crippen LogP contribution in [0.4, 0.5) is 5.95 Å². The fraction of sp³-hybridized carbons (Fsp3) is 0.316. The lowest BCUT2D eigenvalue weighted by Crippen LogP contribution is -2.28. The molecule has 0 fully saturated rings. The van der Waals surface area contributed by atoms with Gasteiger partial charge < -0.3 is 5.32 Å². The van der Waals surface area contributed by atoms with Crippen LogP contribution in [0.1, 0.15) is 44.0 Å². The highest BCUT2D eigenvalue weighted by atomic mass is 32.2. The van der Waals surface area contributed by atoms with E-state index in [1.807, 2.05) is 48.1 Å². The number of nitrogens with one attached hydrogen (secondary N) is 3. The van der Waals surface area contributed by atoms with Crippen molar-refractivity contribution in [1.29, 1.82) is 0 Å². The number of H-pyrrole nitrogens is 1. The molecule has 1 aromatic carbocycles. The van der Waals surface area contributed by atoms with Crippen molar-refractivity contribution in [2.45, 2.75) is 38.0 Å². The number of carbonyl (C=O) groups excluding carboxylic acids is 1. The number of benzene rings is 1. The van der Waals surface area contributed by atoms with E-state index in [0.717, 1.165) is 11.1 Å². The van der Waals surface area contributed by atoms with Crippen LogP contribution in [0.15, 0.2) is 53.0 Å². The second-order valence-corrected chi connectivity index (χ2v) is 7.62. The van der Waals surface area contributed by atoms with Gasteiger partial charge in [0.2, 0.25) is 17.0 Å². The Balaban J connectivity index is 1.43. The summed E-state index contributed by atoms with van der Waals surface area (Å²) in [5, 5.41) is 18.6. The normalized spacial score (nSPS) is 12.4. The van der Waals surface area contributed by atoms with E-state index in [1.54, 1.807) is 12.4 Å². The minimum absolute atomic E-state index is 0.0527. The van der Waals surface area contributed by atoms with E-state index in [-0.39, 0.29) is 17.7 Å². The highest BCUT2D eigenvalue weighted by molar-refractivity contribution is 7.99. The number of aromatic nitrogens is 5. The molecular weight excluding hydrogens is 388 g/mol. The number of anilines is 1. The molecule has 0 radical (unpaired) electrons. The summed E-state index contributed by atoms with van der Waals surface area (Å²) in [7, 11) is 0. The molecule has 29 heavy (non-hydrogen) atoms. The lowest BCUT2D eigenvalue weighted by molar-refractivity contribution is -0.119. The smallest absolute Gasteiger partial charge is 0.240 e. The van der Waals surface area contributed by atoms with Crippen molar-refractivity contribution in [3.63, 3.8) is 0 Å². The van der Waals surface area contributed by atoms with E-state index in [1.165, 1.54) is 11.8 Å². The number of hydrazone groups is 1. The Kier molecular flexibility index (Phi) is 7.01. The van der Waals surface area contributed by atoms with Crippen LogP contribution in [0.3, 0.4) is 0 Å². The zero-order valence-electron chi connectivity index (χ0n) is 16.5. The van der Waals surface area contributed by atoms with Crippen LogP contribution in [-0.4, -0.2) is 42.8 Å². The van der Waals surface area contributed by atoms with Gasteiger partial charge in [0.05, 0.1) is 24.2 Å². The number of thioether (sulfide) groups is 1. The first kappa shape index (κ1) is 20.6. The van der Waals surface area contributed by atoms with E-state index in [4.69, 9.17) is 0 Å². The van der Waals surface area contributed by atoms with Gasteiger partial charge in [-0.15, -0.1) is 5.10 Å². The van der Waals surface area contributed by atoms with E-state index >= 15 is 0 Å². The van der Waals surface area contributed by atoms with Gasteiger partial charge in [-0.2, -0.15) is 15.2 Å². The lowest BCUT2D eigenvalue weighted by Gasteiger charge is -2.13. The maximum Gasteiger partial charge on any atom is 0.240 e. The number of hydrogen-bond donors (Lipinski definition) is 3. The van der Waals surface area contributed by atoms with E-state index in [9.17, 15) is 4.79 Å². The Bertz CT molecular complexity index is 950. The number of amides is 1. The van der Waals surface area contributed by atoms with Gasteiger partial charge in [-0.3, -0.25) is 9.48 Å². The van der Waals surface area contributed by atoms with Gasteiger partial charge in [0.1, 0.15) is 0 Å². The number of rotatable bonds is 9. The van der Waals surface area contributed by atoms with Crippen LogP contribution in [-0.2, 0) is 4.79 Å². The third kappa shape index (κ3) is 6.18. The summed E-state index contributed by atoms with van der Waals surface area (Å²) in [6.45, 7) is 6.07. The van der Waals surface area contributed by atoms with Gasteiger partial charge in [0.15, 0.2) is 0 Å². The quantitative estimate of drug-likeness (QED) is 0.283. The predicted molar refractivity (Wildman–Crippen MR) is 114 cm³/mol. The van der Waals surface area contributed by atoms with Gasteiger partial charge in [0, 0.05) is 17.8 Å². The Morgan fingerprint density at radius 3 is 2.83 bits per heavy atom. The second-order valence-electron chi connectivity index (χ2n) is 6.67. The Labute approximate surface area is 173 Å². The summed E-state index contributed by atoms with van der Waals surface area (Å²) in [5.74, 6) is 0.551. The average molecular weight is 413 g/mol. The van der Waals surface area contributed by atoms with Crippen molar-refractivity contribution < 1.29 is 4.79 Å². The molecule has 1 amide bonds. The molecule has 2 heterocycles. The first-order valence-electron chi connectivity index (χ1n) is 9.24. The molecule has 3 rings (SSSR count). The number of hydrogen-bond acceptors (Lipinski definition) is 7. The van der Waals surface area contributed by atoms with Gasteiger partial charge >= 0.3 is 0 Å². The minimum atomic E-state index is -0.0779. The van der Waals surface area contributed by atoms with Crippen molar-refractivity contribution in [2.75, 3.05) is 11.2 Å². The molecule has 0 aliphatic carbocycles. The van der Waals surface area contributed by atoms with Crippen molar-refractivity contribution in [3.8, 4) is 0 Å². The summed E-state index contributed by atoms with van der Waals surface area (Å²) >= 11 is 1.25. The van der Waals surface area contributed by atoms with Crippen molar-refractivity contribution in [2.24, 2.45) is 5.10 Å². The third-order valence-electron chi connectivity index (χ3n) is 4.01. The molecule has 9 nitrogen and oxygen atoms in total. The first-order chi connectivity index (χ1) is 14.0. The zero-order valence-corrected chi connectivity index (χ0v) is 17.3. The summed E-state index contributed by atoms with van der Waals surface area (Å²) in [6.07, 6.45) is 5.30. The van der Waals surface area contributed by atoms with Crippen LogP contribution < -0.4 is 10.7 Å². The van der Waals surface area contributed by atoms with Crippen molar-refractivity contribution in [3.05, 3.63) is 53.9 Å². The maximum absolute atomic E-state index is 12.1. The van der Waals surface area contributed by atoms with Crippen LogP contribution in [0.2, 0.25) is 0 Å². The third-order valence-corrected chi connectivity index (χ3v) is 4.86. The fourth-order valence-electron chi connectivity index (χ4n) is 2.47. The standard InChI is InChI=1S/C19H24N8OS/c1-13(2)27-11-15(10-21-27)9-20-24-18-23-19(26-25-18)29-12-17(28)22-14(3)16-7-5-4-6-8-16/h4-11,13-14H,12H2,1-3H3,(H,22,28)(H2,23,24,25,26)/b20-9-/t14-/m1/s1. The maximum atomic E-state index is 12.1. The molecule has 0 saturated heterocycles. The molecule has 3 aromatic rings. The molecule has 0 unspecified atom stereocenters. The molecule has 152 valence electrons. The van der Waals surface area contributed by atoms with Crippen LogP contribution in [0.25, 0.3) is 0 Å². The number of aromatic amines is 1. The Morgan fingerprint density at radius 1 is 1.31 bits per heavy atom. The highest BCUT2D eigenvalue weighted by Gasteiger charge is 2.11. The molecule has 1 atom stereocenters. The van der Waals surface area contributed by atoms with E-state index in [2.05, 4.69) is 50.0 Å². The molecule has 0 spiro atoms. The first-order valence-corrected chi connectivity index (χ1v) is 10.2. The van der Waals surface area contributed by atoms with Gasteiger partial charge in [-0.1, -0.05) is 42.1 Å². The molecule has 0 bridgehead atoms. The molecule has 0 saturated carbocycles. The van der Waals surface area contributed by atoms with Gasteiger partial charge in [-0.25, -0.2) is 10.5 Å². The van der Waals surface area contributed by atoms with E-state index < -0.39 is 0 Å². The monoisotopic (exact) mass is 412 g/mol. The topological polar surface area (TPSA) is 113 Å². The number of carbonyl (C=O) groups is 1.